The molecule has 27 heavy (non-hydrogen) atoms. The van der Waals surface area contributed by atoms with Gasteiger partial charge in [-0.3, -0.25) is 10.1 Å². The van der Waals surface area contributed by atoms with Crippen LogP contribution in [0.15, 0.2) is 11.6 Å². The number of allylic oxidation sites excluding steroid dienone is 1. The first-order valence-corrected chi connectivity index (χ1v) is 9.43. The van der Waals surface area contributed by atoms with Crippen molar-refractivity contribution in [2.75, 3.05) is 6.61 Å². The molecule has 0 unspecified atom stereocenters. The van der Waals surface area contributed by atoms with Gasteiger partial charge in [0.15, 0.2) is 0 Å². The van der Waals surface area contributed by atoms with Gasteiger partial charge in [-0.25, -0.2) is 9.59 Å². The molecule has 0 aromatic rings. The zero-order valence-corrected chi connectivity index (χ0v) is 17.1. The van der Waals surface area contributed by atoms with Crippen molar-refractivity contribution >= 4 is 12.1 Å². The normalized spacial score (nSPS) is 21.2. The number of hydrogen-bond donors (Lipinski definition) is 1. The van der Waals surface area contributed by atoms with Crippen molar-refractivity contribution in [3.8, 4) is 0 Å². The van der Waals surface area contributed by atoms with Gasteiger partial charge in [-0.1, -0.05) is 19.9 Å². The summed E-state index contributed by atoms with van der Waals surface area (Å²) in [5.41, 5.74) is -0.325. The minimum absolute atomic E-state index is 0.00109. The fraction of sp³-hybridized carbons (Fsp3) is 0.789. The highest BCUT2D eigenvalue weighted by Gasteiger charge is 2.42. The van der Waals surface area contributed by atoms with Gasteiger partial charge in [-0.05, 0) is 46.5 Å². The summed E-state index contributed by atoms with van der Waals surface area (Å²) in [7, 11) is 0. The van der Waals surface area contributed by atoms with Crippen molar-refractivity contribution in [3.05, 3.63) is 21.8 Å². The molecule has 8 nitrogen and oxygen atoms in total. The summed E-state index contributed by atoms with van der Waals surface area (Å²) >= 11 is 0. The summed E-state index contributed by atoms with van der Waals surface area (Å²) in [4.78, 5) is 35.5. The highest BCUT2D eigenvalue weighted by molar-refractivity contribution is 5.88. The molecule has 1 N–H and O–H groups in total. The Hall–Kier alpha value is -2.12. The molecule has 1 rings (SSSR count). The smallest absolute Gasteiger partial charge is 0.407 e. The zero-order valence-electron chi connectivity index (χ0n) is 17.1. The maximum Gasteiger partial charge on any atom is 0.407 e. The van der Waals surface area contributed by atoms with E-state index in [1.54, 1.807) is 33.8 Å². The lowest BCUT2D eigenvalue weighted by atomic mass is 9.78. The van der Waals surface area contributed by atoms with Crippen molar-refractivity contribution in [2.45, 2.75) is 78.5 Å². The molecule has 1 amide bonds. The summed E-state index contributed by atoms with van der Waals surface area (Å²) in [6.45, 7) is 11.2. The molecular formula is C19H32N2O6. The lowest BCUT2D eigenvalue weighted by Gasteiger charge is -2.33. The van der Waals surface area contributed by atoms with Gasteiger partial charge in [0, 0.05) is 23.0 Å². The van der Waals surface area contributed by atoms with Crippen molar-refractivity contribution in [2.24, 2.45) is 11.8 Å². The van der Waals surface area contributed by atoms with Crippen molar-refractivity contribution in [1.29, 1.82) is 0 Å². The van der Waals surface area contributed by atoms with Crippen LogP contribution in [0.2, 0.25) is 0 Å². The van der Waals surface area contributed by atoms with Crippen LogP contribution < -0.4 is 5.32 Å². The Kier molecular flexibility index (Phi) is 8.24. The molecule has 8 heteroatoms. The molecule has 154 valence electrons. The number of rotatable bonds is 7. The third-order valence-electron chi connectivity index (χ3n) is 4.31. The average molecular weight is 384 g/mol. The molecule has 0 saturated carbocycles. The van der Waals surface area contributed by atoms with E-state index in [2.05, 4.69) is 5.32 Å². The molecule has 1 aliphatic carbocycles. The SMILES string of the molecule is CCOC(=O)C1=CC[C@H]([C@H](CC(C)C)NC(=O)OC(C)(C)C)[C@@H]([N+](=O)[O-])C1. The van der Waals surface area contributed by atoms with Gasteiger partial charge in [0.05, 0.1) is 12.5 Å². The Morgan fingerprint density at radius 2 is 2.00 bits per heavy atom. The van der Waals surface area contributed by atoms with Gasteiger partial charge in [0.2, 0.25) is 6.04 Å². The summed E-state index contributed by atoms with van der Waals surface area (Å²) in [6.07, 6.45) is 2.02. The summed E-state index contributed by atoms with van der Waals surface area (Å²) in [5, 5.41) is 14.5. The van der Waals surface area contributed by atoms with Gasteiger partial charge < -0.3 is 14.8 Å². The van der Waals surface area contributed by atoms with Crippen molar-refractivity contribution in [3.63, 3.8) is 0 Å². The predicted molar refractivity (Wildman–Crippen MR) is 101 cm³/mol. The van der Waals surface area contributed by atoms with E-state index >= 15 is 0 Å². The van der Waals surface area contributed by atoms with E-state index in [9.17, 15) is 19.7 Å². The molecule has 0 heterocycles. The Bertz CT molecular complexity index is 579. The van der Waals surface area contributed by atoms with Crippen molar-refractivity contribution in [1.82, 2.24) is 5.32 Å². The second-order valence-corrected chi connectivity index (χ2v) is 8.29. The standard InChI is InChI=1S/C19H32N2O6/c1-7-26-17(22)13-8-9-14(16(11-13)21(24)25)15(10-12(2)3)20-18(23)27-19(4,5)6/h8,12,14-16H,7,9-11H2,1-6H3,(H,20,23)/t14-,15+,16+/m1/s1. The molecule has 0 bridgehead atoms. The van der Waals surface area contributed by atoms with E-state index in [0.29, 0.717) is 18.4 Å². The maximum absolute atomic E-state index is 12.2. The molecule has 0 radical (unpaired) electrons. The number of carbonyl (C=O) groups excluding carboxylic acids is 2. The quantitative estimate of drug-likeness (QED) is 0.409. The lowest BCUT2D eigenvalue weighted by Crippen LogP contribution is -2.50. The molecule has 1 aliphatic rings. The van der Waals surface area contributed by atoms with E-state index < -0.39 is 35.7 Å². The fourth-order valence-electron chi connectivity index (χ4n) is 3.26. The van der Waals surface area contributed by atoms with Gasteiger partial charge in [0.1, 0.15) is 5.60 Å². The van der Waals surface area contributed by atoms with E-state index in [4.69, 9.17) is 9.47 Å². The van der Waals surface area contributed by atoms with Gasteiger partial charge >= 0.3 is 12.1 Å². The topological polar surface area (TPSA) is 108 Å². The van der Waals surface area contributed by atoms with Crippen LogP contribution in [-0.4, -0.2) is 41.3 Å². The Morgan fingerprint density at radius 3 is 2.48 bits per heavy atom. The maximum atomic E-state index is 12.2. The Morgan fingerprint density at radius 1 is 1.37 bits per heavy atom. The van der Waals surface area contributed by atoms with Gasteiger partial charge in [-0.15, -0.1) is 0 Å². The van der Waals surface area contributed by atoms with Crippen LogP contribution in [0.5, 0.6) is 0 Å². The van der Waals surface area contributed by atoms with Crippen molar-refractivity contribution < 1.29 is 24.0 Å². The number of esters is 1. The number of nitro groups is 1. The number of alkyl carbamates (subject to hydrolysis) is 1. The van der Waals surface area contributed by atoms with Crippen LogP contribution in [0.4, 0.5) is 4.79 Å². The average Bonchev–Trinajstić information content (AvgIpc) is 2.51. The van der Waals surface area contributed by atoms with Gasteiger partial charge in [-0.2, -0.15) is 0 Å². The summed E-state index contributed by atoms with van der Waals surface area (Å²) in [5.74, 6) is -0.704. The van der Waals surface area contributed by atoms with Crippen LogP contribution in [-0.2, 0) is 14.3 Å². The van der Waals surface area contributed by atoms with Crippen LogP contribution >= 0.6 is 0 Å². The van der Waals surface area contributed by atoms with E-state index in [-0.39, 0.29) is 23.9 Å². The summed E-state index contributed by atoms with van der Waals surface area (Å²) in [6, 6.07) is -1.39. The minimum atomic E-state index is -0.965. The first-order chi connectivity index (χ1) is 12.4. The molecule has 0 aliphatic heterocycles. The molecule has 0 aromatic heterocycles. The third kappa shape index (κ3) is 7.56. The molecule has 3 atom stereocenters. The molecular weight excluding hydrogens is 352 g/mol. The molecule has 0 fully saturated rings. The predicted octanol–water partition coefficient (Wildman–Crippen LogP) is 3.47. The first kappa shape index (κ1) is 22.9. The second-order valence-electron chi connectivity index (χ2n) is 8.29. The van der Waals surface area contributed by atoms with Gasteiger partial charge in [0.25, 0.3) is 0 Å². The Balaban J connectivity index is 3.02. The number of carbonyl (C=O) groups is 2. The second kappa shape index (κ2) is 9.71. The van der Waals surface area contributed by atoms with Crippen LogP contribution in [0.1, 0.15) is 60.8 Å². The lowest BCUT2D eigenvalue weighted by molar-refractivity contribution is -0.533. The fourth-order valence-corrected chi connectivity index (χ4v) is 3.26. The largest absolute Gasteiger partial charge is 0.463 e. The van der Waals surface area contributed by atoms with Crippen LogP contribution in [0, 0.1) is 22.0 Å². The van der Waals surface area contributed by atoms with E-state index in [1.807, 2.05) is 13.8 Å². The minimum Gasteiger partial charge on any atom is -0.463 e. The highest BCUT2D eigenvalue weighted by Crippen LogP contribution is 2.32. The highest BCUT2D eigenvalue weighted by atomic mass is 16.6. The molecule has 0 aromatic carbocycles. The van der Waals surface area contributed by atoms with Crippen LogP contribution in [0.25, 0.3) is 0 Å². The summed E-state index contributed by atoms with van der Waals surface area (Å²) < 4.78 is 10.3. The third-order valence-corrected chi connectivity index (χ3v) is 4.31. The van der Waals surface area contributed by atoms with E-state index in [1.165, 1.54) is 0 Å². The number of nitrogens with one attached hydrogen (secondary N) is 1. The molecule has 0 saturated heterocycles. The monoisotopic (exact) mass is 384 g/mol. The van der Waals surface area contributed by atoms with Crippen LogP contribution in [0.3, 0.4) is 0 Å². The molecule has 0 spiro atoms. The number of nitrogens with zero attached hydrogens (tertiary/aromatic N) is 1. The van der Waals surface area contributed by atoms with E-state index in [0.717, 1.165) is 0 Å². The number of hydrogen-bond acceptors (Lipinski definition) is 6. The zero-order chi connectivity index (χ0) is 20.8. The number of ether oxygens (including phenoxy) is 2. The first-order valence-electron chi connectivity index (χ1n) is 9.43. The Labute approximate surface area is 160 Å². The number of amides is 1.